The van der Waals surface area contributed by atoms with Crippen LogP contribution in [-0.4, -0.2) is 43.3 Å². The summed E-state index contributed by atoms with van der Waals surface area (Å²) in [6.45, 7) is 2.88. The van der Waals surface area contributed by atoms with Gasteiger partial charge in [0.2, 0.25) is 11.9 Å². The van der Waals surface area contributed by atoms with E-state index < -0.39 is 0 Å². The van der Waals surface area contributed by atoms with Crippen molar-refractivity contribution in [2.24, 2.45) is 0 Å². The summed E-state index contributed by atoms with van der Waals surface area (Å²) in [7, 11) is 4.77. The summed E-state index contributed by atoms with van der Waals surface area (Å²) < 4.78 is 12.4. The van der Waals surface area contributed by atoms with Crippen molar-refractivity contribution in [3.05, 3.63) is 12.1 Å². The van der Waals surface area contributed by atoms with Crippen molar-refractivity contribution in [2.45, 2.75) is 13.5 Å². The largest absolute Gasteiger partial charge is 0.493 e. The van der Waals surface area contributed by atoms with Gasteiger partial charge in [-0.1, -0.05) is 0 Å². The van der Waals surface area contributed by atoms with Gasteiger partial charge in [-0.2, -0.15) is 0 Å². The molecule has 0 aliphatic heterocycles. The molecule has 1 aromatic heterocycles. The molecule has 0 saturated carbocycles. The number of ether oxygens (including phenoxy) is 2. The van der Waals surface area contributed by atoms with Gasteiger partial charge in [-0.3, -0.25) is 4.79 Å². The van der Waals surface area contributed by atoms with E-state index >= 15 is 0 Å². The van der Waals surface area contributed by atoms with Crippen LogP contribution in [0, 0.1) is 0 Å². The number of imidazole rings is 1. The lowest BCUT2D eigenvalue weighted by Gasteiger charge is -2.10. The van der Waals surface area contributed by atoms with Crippen molar-refractivity contribution in [2.75, 3.05) is 33.1 Å². The smallest absolute Gasteiger partial charge is 0.239 e. The highest BCUT2D eigenvalue weighted by atomic mass is 16.5. The Morgan fingerprint density at radius 2 is 1.95 bits per heavy atom. The molecule has 1 amide bonds. The Hall–Kier alpha value is -2.44. The van der Waals surface area contributed by atoms with E-state index in [-0.39, 0.29) is 12.5 Å². The number of carbonyl (C=O) groups excluding carboxylic acids is 1. The minimum absolute atomic E-state index is 0.0942. The van der Waals surface area contributed by atoms with Crippen molar-refractivity contribution in [3.63, 3.8) is 0 Å². The number of likely N-dealkylation sites (N-methyl/N-ethyl adjacent to an activating group) is 1. The zero-order valence-corrected chi connectivity index (χ0v) is 12.7. The zero-order chi connectivity index (χ0) is 15.4. The maximum Gasteiger partial charge on any atom is 0.239 e. The third kappa shape index (κ3) is 2.86. The SMILES string of the molecule is CCNc1nc2cc(OC)c(OC)cc2n1CC(=O)NC. The van der Waals surface area contributed by atoms with Gasteiger partial charge in [-0.25, -0.2) is 4.98 Å². The number of hydrogen-bond donors (Lipinski definition) is 2. The van der Waals surface area contributed by atoms with Gasteiger partial charge in [0, 0.05) is 25.7 Å². The molecule has 7 heteroatoms. The van der Waals surface area contributed by atoms with Crippen LogP contribution in [0.5, 0.6) is 11.5 Å². The van der Waals surface area contributed by atoms with Crippen LogP contribution >= 0.6 is 0 Å². The number of hydrogen-bond acceptors (Lipinski definition) is 5. The molecular weight excluding hydrogens is 272 g/mol. The van der Waals surface area contributed by atoms with Crippen molar-refractivity contribution in [3.8, 4) is 11.5 Å². The van der Waals surface area contributed by atoms with Gasteiger partial charge < -0.3 is 24.7 Å². The highest BCUT2D eigenvalue weighted by Crippen LogP contribution is 2.33. The Kier molecular flexibility index (Phi) is 4.52. The minimum Gasteiger partial charge on any atom is -0.493 e. The second-order valence-corrected chi connectivity index (χ2v) is 4.42. The molecule has 1 heterocycles. The van der Waals surface area contributed by atoms with Gasteiger partial charge in [0.15, 0.2) is 11.5 Å². The van der Waals surface area contributed by atoms with E-state index in [1.807, 2.05) is 17.6 Å². The number of methoxy groups -OCH3 is 2. The molecule has 0 bridgehead atoms. The lowest BCUT2D eigenvalue weighted by Crippen LogP contribution is -2.24. The summed E-state index contributed by atoms with van der Waals surface area (Å²) in [5, 5.41) is 5.78. The molecule has 0 radical (unpaired) electrons. The van der Waals surface area contributed by atoms with E-state index in [0.29, 0.717) is 24.0 Å². The highest BCUT2D eigenvalue weighted by Gasteiger charge is 2.16. The third-order valence-electron chi connectivity index (χ3n) is 3.17. The summed E-state index contributed by atoms with van der Waals surface area (Å²) in [5.41, 5.74) is 1.56. The Balaban J connectivity index is 2.60. The Bertz CT molecular complexity index is 651. The van der Waals surface area contributed by atoms with Gasteiger partial charge in [-0.05, 0) is 6.92 Å². The minimum atomic E-state index is -0.0942. The molecule has 1 aromatic carbocycles. The molecule has 0 aliphatic carbocycles. The number of anilines is 1. The van der Waals surface area contributed by atoms with Crippen molar-refractivity contribution >= 4 is 22.9 Å². The molecule has 0 atom stereocenters. The number of carbonyl (C=O) groups is 1. The quantitative estimate of drug-likeness (QED) is 0.837. The molecule has 0 unspecified atom stereocenters. The summed E-state index contributed by atoms with van der Waals surface area (Å²) in [4.78, 5) is 16.2. The molecular formula is C14H20N4O3. The number of aromatic nitrogens is 2. The number of benzene rings is 1. The first-order valence-corrected chi connectivity index (χ1v) is 6.71. The summed E-state index contributed by atoms with van der Waals surface area (Å²) in [6.07, 6.45) is 0. The van der Waals surface area contributed by atoms with Crippen LogP contribution in [0.1, 0.15) is 6.92 Å². The first-order chi connectivity index (χ1) is 10.1. The standard InChI is InChI=1S/C14H20N4O3/c1-5-16-14-17-9-6-11(20-3)12(21-4)7-10(9)18(14)8-13(19)15-2/h6-7H,5,8H2,1-4H3,(H,15,19)(H,16,17). The fourth-order valence-electron chi connectivity index (χ4n) is 2.13. The topological polar surface area (TPSA) is 77.4 Å². The van der Waals surface area contributed by atoms with Gasteiger partial charge in [0.25, 0.3) is 0 Å². The number of fused-ring (bicyclic) bond motifs is 1. The monoisotopic (exact) mass is 292 g/mol. The van der Waals surface area contributed by atoms with E-state index in [0.717, 1.165) is 11.0 Å². The molecule has 2 N–H and O–H groups in total. The fraction of sp³-hybridized carbons (Fsp3) is 0.429. The first kappa shape index (κ1) is 15.0. The molecule has 2 aromatic rings. The van der Waals surface area contributed by atoms with Gasteiger partial charge in [0.1, 0.15) is 6.54 Å². The number of nitrogens with one attached hydrogen (secondary N) is 2. The normalized spacial score (nSPS) is 10.5. The number of nitrogens with zero attached hydrogens (tertiary/aromatic N) is 2. The van der Waals surface area contributed by atoms with Crippen LogP contribution in [-0.2, 0) is 11.3 Å². The van der Waals surface area contributed by atoms with E-state index in [9.17, 15) is 4.79 Å². The summed E-state index contributed by atoms with van der Waals surface area (Å²) >= 11 is 0. The van der Waals surface area contributed by atoms with Crippen molar-refractivity contribution < 1.29 is 14.3 Å². The van der Waals surface area contributed by atoms with Crippen LogP contribution in [0.4, 0.5) is 5.95 Å². The summed E-state index contributed by atoms with van der Waals surface area (Å²) in [5.74, 6) is 1.76. The molecule has 21 heavy (non-hydrogen) atoms. The van der Waals surface area contributed by atoms with E-state index in [2.05, 4.69) is 15.6 Å². The molecule has 2 rings (SSSR count). The van der Waals surface area contributed by atoms with Crippen LogP contribution in [0.25, 0.3) is 11.0 Å². The van der Waals surface area contributed by atoms with Gasteiger partial charge >= 0.3 is 0 Å². The number of rotatable bonds is 6. The number of amides is 1. The van der Waals surface area contributed by atoms with Crippen LogP contribution in [0.2, 0.25) is 0 Å². The van der Waals surface area contributed by atoms with Crippen LogP contribution in [0.15, 0.2) is 12.1 Å². The molecule has 0 aliphatic rings. The van der Waals surface area contributed by atoms with Crippen molar-refractivity contribution in [1.82, 2.24) is 14.9 Å². The van der Waals surface area contributed by atoms with E-state index in [4.69, 9.17) is 9.47 Å². The molecule has 0 spiro atoms. The van der Waals surface area contributed by atoms with Gasteiger partial charge in [-0.15, -0.1) is 0 Å². The average Bonchev–Trinajstić information content (AvgIpc) is 2.82. The molecule has 0 saturated heterocycles. The molecule has 0 fully saturated rings. The molecule has 114 valence electrons. The Morgan fingerprint density at radius 3 is 2.52 bits per heavy atom. The van der Waals surface area contributed by atoms with Crippen LogP contribution in [0.3, 0.4) is 0 Å². The first-order valence-electron chi connectivity index (χ1n) is 6.71. The highest BCUT2D eigenvalue weighted by molar-refractivity contribution is 5.85. The Labute approximate surface area is 123 Å². The third-order valence-corrected chi connectivity index (χ3v) is 3.17. The fourth-order valence-corrected chi connectivity index (χ4v) is 2.13. The predicted octanol–water partition coefficient (Wildman–Crippen LogP) is 1.23. The predicted molar refractivity (Wildman–Crippen MR) is 81.1 cm³/mol. The van der Waals surface area contributed by atoms with E-state index in [1.165, 1.54) is 0 Å². The maximum absolute atomic E-state index is 11.7. The maximum atomic E-state index is 11.7. The summed E-state index contributed by atoms with van der Waals surface area (Å²) in [6, 6.07) is 3.63. The molecule has 7 nitrogen and oxygen atoms in total. The Morgan fingerprint density at radius 1 is 1.29 bits per heavy atom. The van der Waals surface area contributed by atoms with Gasteiger partial charge in [0.05, 0.1) is 25.3 Å². The van der Waals surface area contributed by atoms with E-state index in [1.54, 1.807) is 27.3 Å². The second-order valence-electron chi connectivity index (χ2n) is 4.42. The lowest BCUT2D eigenvalue weighted by atomic mass is 10.2. The average molecular weight is 292 g/mol. The second kappa shape index (κ2) is 6.34. The van der Waals surface area contributed by atoms with Crippen LogP contribution < -0.4 is 20.1 Å². The lowest BCUT2D eigenvalue weighted by molar-refractivity contribution is -0.121. The van der Waals surface area contributed by atoms with Crippen molar-refractivity contribution in [1.29, 1.82) is 0 Å². The zero-order valence-electron chi connectivity index (χ0n) is 12.7.